The van der Waals surface area contributed by atoms with Gasteiger partial charge in [0.05, 0.1) is 5.60 Å². The third-order valence-corrected chi connectivity index (χ3v) is 3.40. The summed E-state index contributed by atoms with van der Waals surface area (Å²) in [6, 6.07) is 6.58. The standard InChI is InChI=1S/C14H22FNO/c1-4-14(17,5-2)10-16-11(3)12-7-6-8-13(15)9-12/h6-9,11,16-17H,4-5,10H2,1-3H3/t11-/m1/s1. The van der Waals surface area contributed by atoms with Crippen LogP contribution in [0.1, 0.15) is 45.2 Å². The monoisotopic (exact) mass is 239 g/mol. The van der Waals surface area contributed by atoms with Gasteiger partial charge in [0.1, 0.15) is 5.82 Å². The minimum Gasteiger partial charge on any atom is -0.389 e. The molecule has 0 amide bonds. The summed E-state index contributed by atoms with van der Waals surface area (Å²) >= 11 is 0. The zero-order valence-electron chi connectivity index (χ0n) is 10.8. The van der Waals surface area contributed by atoms with E-state index in [1.165, 1.54) is 12.1 Å². The van der Waals surface area contributed by atoms with Crippen molar-refractivity contribution in [1.82, 2.24) is 5.32 Å². The molecule has 0 heterocycles. The van der Waals surface area contributed by atoms with Gasteiger partial charge in [-0.3, -0.25) is 0 Å². The fraction of sp³-hybridized carbons (Fsp3) is 0.571. The Kier molecular flexibility index (Phi) is 5.09. The first-order chi connectivity index (χ1) is 8.00. The third-order valence-electron chi connectivity index (χ3n) is 3.40. The molecule has 1 rings (SSSR count). The third kappa shape index (κ3) is 4.10. The van der Waals surface area contributed by atoms with Crippen molar-refractivity contribution in [3.05, 3.63) is 35.6 Å². The van der Waals surface area contributed by atoms with Crippen LogP contribution in [-0.2, 0) is 0 Å². The second kappa shape index (κ2) is 6.12. The summed E-state index contributed by atoms with van der Waals surface area (Å²) in [5.74, 6) is -0.225. The number of rotatable bonds is 6. The van der Waals surface area contributed by atoms with Crippen molar-refractivity contribution in [2.24, 2.45) is 0 Å². The molecule has 0 fully saturated rings. The Balaban J connectivity index is 2.58. The fourth-order valence-corrected chi connectivity index (χ4v) is 1.74. The van der Waals surface area contributed by atoms with E-state index in [0.717, 1.165) is 5.56 Å². The van der Waals surface area contributed by atoms with Gasteiger partial charge in [0, 0.05) is 12.6 Å². The summed E-state index contributed by atoms with van der Waals surface area (Å²) in [5, 5.41) is 13.4. The second-order valence-electron chi connectivity index (χ2n) is 4.59. The summed E-state index contributed by atoms with van der Waals surface area (Å²) in [6.07, 6.45) is 1.43. The Hall–Kier alpha value is -0.930. The van der Waals surface area contributed by atoms with Crippen LogP contribution in [0, 0.1) is 5.82 Å². The van der Waals surface area contributed by atoms with Crippen molar-refractivity contribution in [2.45, 2.75) is 45.3 Å². The number of aliphatic hydroxyl groups is 1. The smallest absolute Gasteiger partial charge is 0.123 e. The molecule has 0 saturated carbocycles. The summed E-state index contributed by atoms with van der Waals surface area (Å²) in [4.78, 5) is 0. The first kappa shape index (κ1) is 14.1. The molecule has 1 aromatic carbocycles. The van der Waals surface area contributed by atoms with Gasteiger partial charge in [-0.2, -0.15) is 0 Å². The molecule has 96 valence electrons. The van der Waals surface area contributed by atoms with Gasteiger partial charge in [-0.05, 0) is 37.5 Å². The molecule has 2 nitrogen and oxygen atoms in total. The van der Waals surface area contributed by atoms with E-state index in [-0.39, 0.29) is 11.9 Å². The minimum absolute atomic E-state index is 0.0373. The summed E-state index contributed by atoms with van der Waals surface area (Å²) in [6.45, 7) is 6.44. The van der Waals surface area contributed by atoms with E-state index in [0.29, 0.717) is 19.4 Å². The van der Waals surface area contributed by atoms with Crippen molar-refractivity contribution in [3.8, 4) is 0 Å². The molecule has 0 aliphatic heterocycles. The molecule has 0 saturated heterocycles. The van der Waals surface area contributed by atoms with Crippen LogP contribution >= 0.6 is 0 Å². The highest BCUT2D eigenvalue weighted by Crippen LogP contribution is 2.17. The van der Waals surface area contributed by atoms with E-state index in [4.69, 9.17) is 0 Å². The quantitative estimate of drug-likeness (QED) is 0.799. The highest BCUT2D eigenvalue weighted by atomic mass is 19.1. The molecular formula is C14H22FNO. The van der Waals surface area contributed by atoms with Crippen molar-refractivity contribution >= 4 is 0 Å². The summed E-state index contributed by atoms with van der Waals surface area (Å²) < 4.78 is 13.1. The zero-order chi connectivity index (χ0) is 12.9. The van der Waals surface area contributed by atoms with Gasteiger partial charge in [-0.25, -0.2) is 4.39 Å². The van der Waals surface area contributed by atoms with Gasteiger partial charge in [0.15, 0.2) is 0 Å². The van der Waals surface area contributed by atoms with Crippen LogP contribution < -0.4 is 5.32 Å². The van der Waals surface area contributed by atoms with Gasteiger partial charge in [-0.15, -0.1) is 0 Å². The van der Waals surface area contributed by atoms with Gasteiger partial charge < -0.3 is 10.4 Å². The van der Waals surface area contributed by atoms with Crippen LogP contribution in [0.2, 0.25) is 0 Å². The lowest BCUT2D eigenvalue weighted by atomic mass is 9.96. The topological polar surface area (TPSA) is 32.3 Å². The lowest BCUT2D eigenvalue weighted by molar-refractivity contribution is 0.0303. The van der Waals surface area contributed by atoms with Crippen molar-refractivity contribution in [3.63, 3.8) is 0 Å². The van der Waals surface area contributed by atoms with E-state index in [9.17, 15) is 9.50 Å². The first-order valence-corrected chi connectivity index (χ1v) is 6.22. The summed E-state index contributed by atoms with van der Waals surface area (Å²) in [5.41, 5.74) is 0.237. The van der Waals surface area contributed by atoms with Crippen LogP contribution in [0.4, 0.5) is 4.39 Å². The Morgan fingerprint density at radius 3 is 2.53 bits per heavy atom. The lowest BCUT2D eigenvalue weighted by Crippen LogP contribution is -2.40. The Morgan fingerprint density at radius 1 is 1.35 bits per heavy atom. The number of nitrogens with one attached hydrogen (secondary N) is 1. The van der Waals surface area contributed by atoms with Crippen molar-refractivity contribution in [1.29, 1.82) is 0 Å². The van der Waals surface area contributed by atoms with Crippen molar-refractivity contribution < 1.29 is 9.50 Å². The number of benzene rings is 1. The summed E-state index contributed by atoms with van der Waals surface area (Å²) in [7, 11) is 0. The highest BCUT2D eigenvalue weighted by Gasteiger charge is 2.22. The number of hydrogen-bond acceptors (Lipinski definition) is 2. The molecule has 0 aliphatic rings. The highest BCUT2D eigenvalue weighted by molar-refractivity contribution is 5.19. The molecule has 0 aromatic heterocycles. The fourth-order valence-electron chi connectivity index (χ4n) is 1.74. The molecular weight excluding hydrogens is 217 g/mol. The van der Waals surface area contributed by atoms with Crippen LogP contribution in [0.15, 0.2) is 24.3 Å². The lowest BCUT2D eigenvalue weighted by Gasteiger charge is -2.27. The van der Waals surface area contributed by atoms with Crippen LogP contribution in [0.3, 0.4) is 0 Å². The van der Waals surface area contributed by atoms with Crippen LogP contribution in [-0.4, -0.2) is 17.3 Å². The van der Waals surface area contributed by atoms with E-state index < -0.39 is 5.60 Å². The van der Waals surface area contributed by atoms with E-state index in [1.807, 2.05) is 26.8 Å². The maximum atomic E-state index is 13.1. The average molecular weight is 239 g/mol. The normalized spacial score (nSPS) is 13.7. The van der Waals surface area contributed by atoms with Gasteiger partial charge >= 0.3 is 0 Å². The van der Waals surface area contributed by atoms with Crippen LogP contribution in [0.5, 0.6) is 0 Å². The molecule has 0 aliphatic carbocycles. The Labute approximate surface area is 103 Å². The molecule has 17 heavy (non-hydrogen) atoms. The Morgan fingerprint density at radius 2 is 2.00 bits per heavy atom. The number of hydrogen-bond donors (Lipinski definition) is 2. The molecule has 1 aromatic rings. The predicted molar refractivity (Wildman–Crippen MR) is 68.3 cm³/mol. The Bertz CT molecular complexity index is 350. The first-order valence-electron chi connectivity index (χ1n) is 6.22. The number of halogens is 1. The molecule has 0 radical (unpaired) electrons. The zero-order valence-corrected chi connectivity index (χ0v) is 10.8. The minimum atomic E-state index is -0.665. The molecule has 3 heteroatoms. The van der Waals surface area contributed by atoms with E-state index >= 15 is 0 Å². The van der Waals surface area contributed by atoms with Gasteiger partial charge in [0.25, 0.3) is 0 Å². The molecule has 2 N–H and O–H groups in total. The molecule has 0 unspecified atom stereocenters. The predicted octanol–water partition coefficient (Wildman–Crippen LogP) is 3.03. The van der Waals surface area contributed by atoms with Crippen LogP contribution in [0.25, 0.3) is 0 Å². The average Bonchev–Trinajstić information content (AvgIpc) is 2.35. The SMILES string of the molecule is CCC(O)(CC)CN[C@H](C)c1cccc(F)c1. The maximum absolute atomic E-state index is 13.1. The maximum Gasteiger partial charge on any atom is 0.123 e. The van der Waals surface area contributed by atoms with Crippen molar-refractivity contribution in [2.75, 3.05) is 6.54 Å². The largest absolute Gasteiger partial charge is 0.389 e. The second-order valence-corrected chi connectivity index (χ2v) is 4.59. The van der Waals surface area contributed by atoms with Gasteiger partial charge in [-0.1, -0.05) is 26.0 Å². The molecule has 0 spiro atoms. The molecule has 0 bridgehead atoms. The van der Waals surface area contributed by atoms with Gasteiger partial charge in [0.2, 0.25) is 0 Å². The van der Waals surface area contributed by atoms with E-state index in [1.54, 1.807) is 6.07 Å². The molecule has 1 atom stereocenters. The van der Waals surface area contributed by atoms with E-state index in [2.05, 4.69) is 5.32 Å².